The van der Waals surface area contributed by atoms with Crippen molar-refractivity contribution in [3.8, 4) is 0 Å². The van der Waals surface area contributed by atoms with Crippen LogP contribution in [-0.2, 0) is 9.63 Å². The molecule has 1 N–H and O–H groups in total. The molecule has 0 aliphatic carbocycles. The Morgan fingerprint density at radius 2 is 2.00 bits per heavy atom. The van der Waals surface area contributed by atoms with Crippen LogP contribution in [-0.4, -0.2) is 12.5 Å². The van der Waals surface area contributed by atoms with Crippen LogP contribution < -0.4 is 5.48 Å². The first-order valence-electron chi connectivity index (χ1n) is 4.50. The van der Waals surface area contributed by atoms with E-state index in [0.717, 1.165) is 0 Å². The maximum Gasteiger partial charge on any atom is 0.352 e. The normalized spacial score (nSPS) is 12.8. The van der Waals surface area contributed by atoms with Crippen molar-refractivity contribution in [3.05, 3.63) is 11.6 Å². The highest BCUT2D eigenvalue weighted by molar-refractivity contribution is 5.87. The first-order valence-corrected chi connectivity index (χ1v) is 4.50. The minimum atomic E-state index is -0.309. The summed E-state index contributed by atoms with van der Waals surface area (Å²) in [6.45, 7) is 10.4. The second-order valence-corrected chi connectivity index (χ2v) is 4.08. The first-order chi connectivity index (χ1) is 5.87. The van der Waals surface area contributed by atoms with E-state index in [4.69, 9.17) is 4.84 Å². The monoisotopic (exact) mass is 185 g/mol. The third-order valence-corrected chi connectivity index (χ3v) is 1.28. The van der Waals surface area contributed by atoms with Crippen LogP contribution in [0.5, 0.6) is 0 Å². The van der Waals surface area contributed by atoms with Crippen LogP contribution in [0.25, 0.3) is 0 Å². The Bertz CT molecular complexity index is 201. The van der Waals surface area contributed by atoms with Crippen molar-refractivity contribution in [2.24, 2.45) is 5.41 Å². The van der Waals surface area contributed by atoms with Crippen LogP contribution in [0.1, 0.15) is 34.6 Å². The number of rotatable bonds is 3. The van der Waals surface area contributed by atoms with Crippen molar-refractivity contribution in [3.63, 3.8) is 0 Å². The highest BCUT2D eigenvalue weighted by Crippen LogP contribution is 2.17. The van der Waals surface area contributed by atoms with Gasteiger partial charge >= 0.3 is 5.97 Å². The van der Waals surface area contributed by atoms with Crippen LogP contribution in [0, 0.1) is 5.41 Å². The van der Waals surface area contributed by atoms with E-state index in [0.29, 0.717) is 12.1 Å². The van der Waals surface area contributed by atoms with E-state index in [1.165, 1.54) is 0 Å². The molecular formula is C10H19NO2. The Labute approximate surface area is 80.1 Å². The van der Waals surface area contributed by atoms with Crippen LogP contribution >= 0.6 is 0 Å². The molecule has 0 amide bonds. The summed E-state index contributed by atoms with van der Waals surface area (Å²) in [5.41, 5.74) is 3.17. The predicted octanol–water partition coefficient (Wildman–Crippen LogP) is 2.05. The molecule has 0 bridgehead atoms. The Kier molecular flexibility index (Phi) is 4.70. The van der Waals surface area contributed by atoms with E-state index in [9.17, 15) is 4.79 Å². The summed E-state index contributed by atoms with van der Waals surface area (Å²) in [6.07, 6.45) is 1.90. The van der Waals surface area contributed by atoms with Crippen LogP contribution in [0.2, 0.25) is 0 Å². The number of carbonyl (C=O) groups excluding carboxylic acids is 1. The largest absolute Gasteiger partial charge is 0.367 e. The minimum Gasteiger partial charge on any atom is -0.367 e. The zero-order valence-corrected chi connectivity index (χ0v) is 9.10. The number of hydroxylamine groups is 1. The van der Waals surface area contributed by atoms with Gasteiger partial charge in [-0.1, -0.05) is 26.8 Å². The molecule has 0 spiro atoms. The number of nitrogens with one attached hydrogen (secondary N) is 1. The smallest absolute Gasteiger partial charge is 0.352 e. The lowest BCUT2D eigenvalue weighted by Gasteiger charge is -2.13. The van der Waals surface area contributed by atoms with Crippen molar-refractivity contribution in [2.45, 2.75) is 34.6 Å². The predicted molar refractivity (Wildman–Crippen MR) is 53.0 cm³/mol. The first kappa shape index (κ1) is 12.2. The Hall–Kier alpha value is -0.830. The van der Waals surface area contributed by atoms with Gasteiger partial charge < -0.3 is 4.84 Å². The van der Waals surface area contributed by atoms with Crippen molar-refractivity contribution in [1.29, 1.82) is 0 Å². The third-order valence-electron chi connectivity index (χ3n) is 1.28. The van der Waals surface area contributed by atoms with Gasteiger partial charge in [0.1, 0.15) is 0 Å². The molecule has 0 unspecified atom stereocenters. The highest BCUT2D eigenvalue weighted by atomic mass is 16.7. The molecule has 0 aliphatic rings. The number of hydrogen-bond donors (Lipinski definition) is 1. The summed E-state index contributed by atoms with van der Waals surface area (Å²) in [7, 11) is 0. The SMILES string of the molecule is CCNOC(=O)C(C)=CC(C)(C)C. The number of allylic oxidation sites excluding steroid dienone is 1. The summed E-state index contributed by atoms with van der Waals surface area (Å²) >= 11 is 0. The maximum absolute atomic E-state index is 11.2. The Morgan fingerprint density at radius 1 is 1.46 bits per heavy atom. The summed E-state index contributed by atoms with van der Waals surface area (Å²) in [5, 5.41) is 0. The molecule has 0 radical (unpaired) electrons. The zero-order valence-electron chi connectivity index (χ0n) is 9.10. The summed E-state index contributed by atoms with van der Waals surface area (Å²) in [6, 6.07) is 0. The quantitative estimate of drug-likeness (QED) is 0.540. The van der Waals surface area contributed by atoms with Gasteiger partial charge in [-0.3, -0.25) is 0 Å². The van der Waals surface area contributed by atoms with Gasteiger partial charge in [0.05, 0.1) is 0 Å². The fourth-order valence-corrected chi connectivity index (χ4v) is 0.927. The molecular weight excluding hydrogens is 166 g/mol. The topological polar surface area (TPSA) is 38.3 Å². The Balaban J connectivity index is 4.17. The molecule has 3 heteroatoms. The molecule has 0 aromatic heterocycles. The molecule has 0 atom stereocenters. The van der Waals surface area contributed by atoms with Gasteiger partial charge in [-0.05, 0) is 19.3 Å². The van der Waals surface area contributed by atoms with Gasteiger partial charge in [-0.15, -0.1) is 0 Å². The molecule has 76 valence electrons. The Morgan fingerprint density at radius 3 is 2.38 bits per heavy atom. The fourth-order valence-electron chi connectivity index (χ4n) is 0.927. The summed E-state index contributed by atoms with van der Waals surface area (Å²) < 4.78 is 0. The van der Waals surface area contributed by atoms with Crippen molar-refractivity contribution in [2.75, 3.05) is 6.54 Å². The van der Waals surface area contributed by atoms with Crippen LogP contribution in [0.15, 0.2) is 11.6 Å². The molecule has 13 heavy (non-hydrogen) atoms. The molecule has 0 rings (SSSR count). The van der Waals surface area contributed by atoms with Crippen molar-refractivity contribution in [1.82, 2.24) is 5.48 Å². The van der Waals surface area contributed by atoms with Gasteiger partial charge in [0, 0.05) is 12.1 Å². The van der Waals surface area contributed by atoms with Gasteiger partial charge in [0.2, 0.25) is 0 Å². The maximum atomic E-state index is 11.2. The summed E-state index contributed by atoms with van der Waals surface area (Å²) in [4.78, 5) is 16.0. The fraction of sp³-hybridized carbons (Fsp3) is 0.700. The lowest BCUT2D eigenvalue weighted by atomic mass is 9.94. The molecule has 3 nitrogen and oxygen atoms in total. The van der Waals surface area contributed by atoms with E-state index >= 15 is 0 Å². The number of hydrogen-bond acceptors (Lipinski definition) is 3. The van der Waals surface area contributed by atoms with Crippen LogP contribution in [0.3, 0.4) is 0 Å². The molecule has 0 aromatic carbocycles. The highest BCUT2D eigenvalue weighted by Gasteiger charge is 2.11. The standard InChI is InChI=1S/C10H19NO2/c1-6-11-13-9(12)8(2)7-10(3,4)5/h7,11H,6H2,1-5H3. The van der Waals surface area contributed by atoms with Gasteiger partial charge in [0.15, 0.2) is 0 Å². The van der Waals surface area contributed by atoms with E-state index in [1.807, 2.05) is 33.8 Å². The lowest BCUT2D eigenvalue weighted by Crippen LogP contribution is -2.20. The van der Waals surface area contributed by atoms with Crippen molar-refractivity contribution < 1.29 is 9.63 Å². The number of carbonyl (C=O) groups is 1. The van der Waals surface area contributed by atoms with E-state index in [2.05, 4.69) is 5.48 Å². The average molecular weight is 185 g/mol. The summed E-state index contributed by atoms with van der Waals surface area (Å²) in [5.74, 6) is -0.309. The van der Waals surface area contributed by atoms with E-state index in [-0.39, 0.29) is 11.4 Å². The minimum absolute atomic E-state index is 0.00924. The van der Waals surface area contributed by atoms with Crippen LogP contribution in [0.4, 0.5) is 0 Å². The molecule has 0 saturated carbocycles. The average Bonchev–Trinajstić information content (AvgIpc) is 1.96. The molecule has 0 fully saturated rings. The van der Waals surface area contributed by atoms with Gasteiger partial charge in [-0.2, -0.15) is 5.48 Å². The second kappa shape index (κ2) is 5.02. The van der Waals surface area contributed by atoms with Gasteiger partial charge in [-0.25, -0.2) is 4.79 Å². The third kappa shape index (κ3) is 6.34. The lowest BCUT2D eigenvalue weighted by molar-refractivity contribution is -0.146. The second-order valence-electron chi connectivity index (χ2n) is 4.08. The zero-order chi connectivity index (χ0) is 10.5. The van der Waals surface area contributed by atoms with E-state index in [1.54, 1.807) is 6.92 Å². The van der Waals surface area contributed by atoms with Gasteiger partial charge in [0.25, 0.3) is 0 Å². The molecule has 0 aromatic rings. The molecule has 0 heterocycles. The molecule has 0 aliphatic heterocycles. The molecule has 0 saturated heterocycles. The van der Waals surface area contributed by atoms with Crippen molar-refractivity contribution >= 4 is 5.97 Å². The van der Waals surface area contributed by atoms with E-state index < -0.39 is 0 Å².